The largest absolute Gasteiger partial charge is 0.388 e. The number of carbonyl (C=O) groups is 2. The van der Waals surface area contributed by atoms with Crippen molar-refractivity contribution in [2.45, 2.75) is 63.8 Å². The highest BCUT2D eigenvalue weighted by atomic mass is 16.6. The van der Waals surface area contributed by atoms with Gasteiger partial charge in [0.15, 0.2) is 11.6 Å². The highest BCUT2D eigenvalue weighted by molar-refractivity contribution is 6.01. The summed E-state index contributed by atoms with van der Waals surface area (Å²) >= 11 is 0. The van der Waals surface area contributed by atoms with Gasteiger partial charge in [-0.3, -0.25) is 9.59 Å². The molecule has 8 atom stereocenters. The van der Waals surface area contributed by atoms with Gasteiger partial charge in [0, 0.05) is 10.8 Å². The van der Waals surface area contributed by atoms with Gasteiger partial charge >= 0.3 is 0 Å². The number of hydrogen-bond donors (Lipinski definition) is 2. The number of aliphatic hydroxyl groups excluding tert-OH is 1. The lowest BCUT2D eigenvalue weighted by molar-refractivity contribution is -0.165. The van der Waals surface area contributed by atoms with Crippen molar-refractivity contribution in [3.05, 3.63) is 23.8 Å². The van der Waals surface area contributed by atoms with Crippen LogP contribution in [0.4, 0.5) is 0 Å². The predicted molar refractivity (Wildman–Crippen MR) is 97.7 cm³/mol. The van der Waals surface area contributed by atoms with Crippen LogP contribution in [-0.2, 0) is 14.3 Å². The van der Waals surface area contributed by atoms with E-state index in [9.17, 15) is 19.8 Å². The van der Waals surface area contributed by atoms with Crippen LogP contribution < -0.4 is 0 Å². The van der Waals surface area contributed by atoms with E-state index >= 15 is 0 Å². The first-order chi connectivity index (χ1) is 12.6. The smallest absolute Gasteiger partial charge is 0.190 e. The minimum atomic E-state index is -1.50. The van der Waals surface area contributed by atoms with Gasteiger partial charge in [0.25, 0.3) is 0 Å². The number of ether oxygens (including phenoxy) is 1. The van der Waals surface area contributed by atoms with E-state index in [2.05, 4.69) is 6.92 Å². The number of allylic oxidation sites excluding steroid dienone is 2. The Hall–Kier alpha value is -1.30. The zero-order chi connectivity index (χ0) is 19.4. The summed E-state index contributed by atoms with van der Waals surface area (Å²) in [5, 5.41) is 21.0. The Bertz CT molecular complexity index is 814. The van der Waals surface area contributed by atoms with Crippen LogP contribution in [0, 0.1) is 28.6 Å². The molecule has 0 radical (unpaired) electrons. The normalized spacial score (nSPS) is 55.1. The zero-order valence-corrected chi connectivity index (χ0v) is 16.2. The Balaban J connectivity index is 1.60. The van der Waals surface area contributed by atoms with Crippen molar-refractivity contribution < 1.29 is 24.5 Å². The van der Waals surface area contributed by atoms with Crippen LogP contribution in [0.2, 0.25) is 0 Å². The Morgan fingerprint density at radius 3 is 2.78 bits per heavy atom. The summed E-state index contributed by atoms with van der Waals surface area (Å²) in [5.74, 6) is -0.193. The van der Waals surface area contributed by atoms with Crippen molar-refractivity contribution >= 4 is 11.6 Å². The molecule has 0 aromatic carbocycles. The van der Waals surface area contributed by atoms with Crippen LogP contribution in [-0.4, -0.2) is 45.7 Å². The third-order valence-corrected chi connectivity index (χ3v) is 9.08. The van der Waals surface area contributed by atoms with Crippen molar-refractivity contribution in [1.29, 1.82) is 0 Å². The summed E-state index contributed by atoms with van der Waals surface area (Å²) in [6.07, 6.45) is 8.58. The molecule has 5 aliphatic rings. The van der Waals surface area contributed by atoms with Gasteiger partial charge in [-0.25, -0.2) is 0 Å². The highest BCUT2D eigenvalue weighted by Gasteiger charge is 2.81. The van der Waals surface area contributed by atoms with E-state index in [0.717, 1.165) is 24.8 Å². The van der Waals surface area contributed by atoms with Gasteiger partial charge in [0.1, 0.15) is 17.8 Å². The van der Waals surface area contributed by atoms with E-state index in [4.69, 9.17) is 4.74 Å². The molecule has 0 bridgehead atoms. The average Bonchev–Trinajstić information content (AvgIpc) is 3.31. The Morgan fingerprint density at radius 2 is 2.07 bits per heavy atom. The summed E-state index contributed by atoms with van der Waals surface area (Å²) in [7, 11) is 0. The van der Waals surface area contributed by atoms with Crippen LogP contribution >= 0.6 is 0 Å². The first-order valence-corrected chi connectivity index (χ1v) is 10.1. The number of ketones is 2. The Kier molecular flexibility index (Phi) is 3.29. The molecule has 5 heteroatoms. The molecule has 5 nitrogen and oxygen atoms in total. The number of rotatable bonds is 2. The van der Waals surface area contributed by atoms with Crippen LogP contribution in [0.5, 0.6) is 0 Å². The molecule has 1 heterocycles. The number of fused-ring (bicyclic) bond motifs is 3. The number of carbonyl (C=O) groups excluding carboxylic acids is 2. The SMILES string of the molecule is C[C@@H]1C[C@H]2[C@@H]3CCC4=CC(=O)C=C[C@]4(C)C34O[C@H]4C[C@]2(C)[C@@]1(O)C(=O)CO. The minimum absolute atomic E-state index is 0.0291. The fourth-order valence-electron chi connectivity index (χ4n) is 7.70. The monoisotopic (exact) mass is 372 g/mol. The van der Waals surface area contributed by atoms with Gasteiger partial charge in [0.2, 0.25) is 0 Å². The molecule has 5 rings (SSSR count). The predicted octanol–water partition coefficient (Wildman–Crippen LogP) is 1.96. The number of epoxide rings is 1. The lowest BCUT2D eigenvalue weighted by atomic mass is 9.46. The second kappa shape index (κ2) is 5.00. The Morgan fingerprint density at radius 1 is 1.33 bits per heavy atom. The third kappa shape index (κ3) is 1.73. The topological polar surface area (TPSA) is 87.1 Å². The Labute approximate surface area is 159 Å². The number of aliphatic hydroxyl groups is 2. The van der Waals surface area contributed by atoms with Gasteiger partial charge in [-0.1, -0.05) is 25.5 Å². The third-order valence-electron chi connectivity index (χ3n) is 9.08. The average molecular weight is 372 g/mol. The first-order valence-electron chi connectivity index (χ1n) is 10.1. The maximum Gasteiger partial charge on any atom is 0.190 e. The van der Waals surface area contributed by atoms with E-state index in [0.29, 0.717) is 6.42 Å². The maximum absolute atomic E-state index is 12.6. The lowest BCUT2D eigenvalue weighted by Crippen LogP contribution is -2.62. The molecular weight excluding hydrogens is 344 g/mol. The molecule has 0 aromatic rings. The van der Waals surface area contributed by atoms with Crippen molar-refractivity contribution in [2.75, 3.05) is 6.61 Å². The van der Waals surface area contributed by atoms with Crippen LogP contribution in [0.25, 0.3) is 0 Å². The molecule has 146 valence electrons. The molecule has 0 aromatic heterocycles. The van der Waals surface area contributed by atoms with Gasteiger partial charge in [0.05, 0.1) is 6.10 Å². The molecule has 1 aliphatic heterocycles. The van der Waals surface area contributed by atoms with Crippen molar-refractivity contribution in [3.63, 3.8) is 0 Å². The summed E-state index contributed by atoms with van der Waals surface area (Å²) in [6, 6.07) is 0. The van der Waals surface area contributed by atoms with Gasteiger partial charge in [-0.05, 0) is 62.5 Å². The second-order valence-electron chi connectivity index (χ2n) is 9.86. The maximum atomic E-state index is 12.6. The fraction of sp³-hybridized carbons (Fsp3) is 0.727. The van der Waals surface area contributed by atoms with E-state index in [1.807, 2.05) is 19.9 Å². The quantitative estimate of drug-likeness (QED) is 0.724. The van der Waals surface area contributed by atoms with E-state index in [1.165, 1.54) is 0 Å². The standard InChI is InChI=1S/C22H28O5/c1-12-8-16-15-5-4-13-9-14(24)6-7-19(13,2)22(15)18(27-22)10-20(16,3)21(12,26)17(25)11-23/h6-7,9,12,15-16,18,23,26H,4-5,8,10-11H2,1-3H3/t12-,15+,16+,18+,19+,20+,21+,22?/m1/s1. The van der Waals surface area contributed by atoms with Gasteiger partial charge < -0.3 is 14.9 Å². The van der Waals surface area contributed by atoms with Crippen molar-refractivity contribution in [1.82, 2.24) is 0 Å². The summed E-state index contributed by atoms with van der Waals surface area (Å²) < 4.78 is 6.43. The molecular formula is C22H28O5. The molecule has 3 saturated carbocycles. The first kappa shape index (κ1) is 17.8. The summed E-state index contributed by atoms with van der Waals surface area (Å²) in [4.78, 5) is 24.5. The zero-order valence-electron chi connectivity index (χ0n) is 16.2. The van der Waals surface area contributed by atoms with E-state index < -0.39 is 23.4 Å². The second-order valence-corrected chi connectivity index (χ2v) is 9.86. The summed E-state index contributed by atoms with van der Waals surface area (Å²) in [5.41, 5.74) is -1.55. The molecule has 0 amide bonds. The van der Waals surface area contributed by atoms with E-state index in [-0.39, 0.29) is 40.7 Å². The summed E-state index contributed by atoms with van der Waals surface area (Å²) in [6.45, 7) is 5.51. The fourth-order valence-corrected chi connectivity index (χ4v) is 7.70. The minimum Gasteiger partial charge on any atom is -0.388 e. The van der Waals surface area contributed by atoms with Gasteiger partial charge in [-0.15, -0.1) is 0 Å². The van der Waals surface area contributed by atoms with Crippen molar-refractivity contribution in [2.24, 2.45) is 28.6 Å². The number of hydrogen-bond acceptors (Lipinski definition) is 5. The number of Topliss-reactive ketones (excluding diaryl/α,β-unsaturated/α-hetero) is 1. The van der Waals surface area contributed by atoms with E-state index in [1.54, 1.807) is 12.2 Å². The molecule has 1 spiro atoms. The van der Waals surface area contributed by atoms with Crippen LogP contribution in [0.3, 0.4) is 0 Å². The lowest BCUT2D eigenvalue weighted by Gasteiger charge is -2.55. The molecule has 1 unspecified atom stereocenters. The van der Waals surface area contributed by atoms with Crippen LogP contribution in [0.1, 0.15) is 46.5 Å². The molecule has 4 fully saturated rings. The van der Waals surface area contributed by atoms with Crippen LogP contribution in [0.15, 0.2) is 23.8 Å². The molecule has 4 aliphatic carbocycles. The van der Waals surface area contributed by atoms with Crippen molar-refractivity contribution in [3.8, 4) is 0 Å². The van der Waals surface area contributed by atoms with Gasteiger partial charge in [-0.2, -0.15) is 0 Å². The molecule has 1 saturated heterocycles. The molecule has 2 N–H and O–H groups in total. The molecule has 27 heavy (non-hydrogen) atoms. The highest BCUT2D eigenvalue weighted by Crippen LogP contribution is 2.76.